The molecule has 0 bridgehead atoms. The van der Waals surface area contributed by atoms with E-state index in [4.69, 9.17) is 14.2 Å². The van der Waals surface area contributed by atoms with Gasteiger partial charge in [-0.15, -0.1) is 11.3 Å². The Bertz CT molecular complexity index is 865. The number of benzene rings is 1. The highest BCUT2D eigenvalue weighted by atomic mass is 32.1. The van der Waals surface area contributed by atoms with Crippen LogP contribution >= 0.6 is 11.3 Å². The Labute approximate surface area is 161 Å². The van der Waals surface area contributed by atoms with Gasteiger partial charge in [0.1, 0.15) is 5.00 Å². The van der Waals surface area contributed by atoms with Gasteiger partial charge in [-0.05, 0) is 37.0 Å². The maximum absolute atomic E-state index is 12.9. The first kappa shape index (κ1) is 19.0. The van der Waals surface area contributed by atoms with Crippen LogP contribution in [0.2, 0.25) is 0 Å². The molecule has 7 nitrogen and oxygen atoms in total. The average Bonchev–Trinajstić information content (AvgIpc) is 3.26. The Kier molecular flexibility index (Phi) is 5.55. The van der Waals surface area contributed by atoms with Crippen molar-refractivity contribution in [3.05, 3.63) is 33.7 Å². The van der Waals surface area contributed by atoms with Crippen molar-refractivity contribution in [3.63, 3.8) is 0 Å². The van der Waals surface area contributed by atoms with Gasteiger partial charge in [0.2, 0.25) is 5.75 Å². The number of methoxy groups -OCH3 is 3. The van der Waals surface area contributed by atoms with E-state index in [-0.39, 0.29) is 11.8 Å². The predicted molar refractivity (Wildman–Crippen MR) is 104 cm³/mol. The molecule has 0 unspecified atom stereocenters. The SMILES string of the molecule is CNC(=O)c1c(NC(=O)c2cc(OC)c(OC)c(OC)c2)sc2c1CCC2. The molecule has 0 aliphatic heterocycles. The maximum atomic E-state index is 12.9. The minimum absolute atomic E-state index is 0.186. The monoisotopic (exact) mass is 390 g/mol. The fourth-order valence-corrected chi connectivity index (χ4v) is 4.53. The Morgan fingerprint density at radius 3 is 2.22 bits per heavy atom. The van der Waals surface area contributed by atoms with E-state index in [1.54, 1.807) is 19.2 Å². The lowest BCUT2D eigenvalue weighted by Crippen LogP contribution is -2.21. The third-order valence-electron chi connectivity index (χ3n) is 4.53. The zero-order chi connectivity index (χ0) is 19.6. The molecule has 3 rings (SSSR count). The van der Waals surface area contributed by atoms with E-state index in [1.165, 1.54) is 32.7 Å². The number of nitrogens with one attached hydrogen (secondary N) is 2. The van der Waals surface area contributed by atoms with E-state index in [1.807, 2.05) is 0 Å². The second-order valence-electron chi connectivity index (χ2n) is 6.01. The highest BCUT2D eigenvalue weighted by Gasteiger charge is 2.27. The molecule has 8 heteroatoms. The number of aryl methyl sites for hydroxylation is 1. The van der Waals surface area contributed by atoms with Crippen molar-refractivity contribution in [1.29, 1.82) is 0 Å². The summed E-state index contributed by atoms with van der Waals surface area (Å²) in [5.74, 6) is 0.663. The summed E-state index contributed by atoms with van der Waals surface area (Å²) in [5, 5.41) is 6.11. The molecular weight excluding hydrogens is 368 g/mol. The van der Waals surface area contributed by atoms with Gasteiger partial charge in [-0.3, -0.25) is 9.59 Å². The Morgan fingerprint density at radius 2 is 1.67 bits per heavy atom. The van der Waals surface area contributed by atoms with Crippen LogP contribution < -0.4 is 24.8 Å². The van der Waals surface area contributed by atoms with Crippen LogP contribution in [0.3, 0.4) is 0 Å². The fourth-order valence-electron chi connectivity index (χ4n) is 3.24. The largest absolute Gasteiger partial charge is 0.493 e. The molecule has 1 aromatic heterocycles. The van der Waals surface area contributed by atoms with Crippen LogP contribution in [-0.4, -0.2) is 40.2 Å². The third-order valence-corrected chi connectivity index (χ3v) is 5.74. The molecule has 0 saturated heterocycles. The van der Waals surface area contributed by atoms with Crippen LogP contribution in [0.15, 0.2) is 12.1 Å². The summed E-state index contributed by atoms with van der Waals surface area (Å²) in [6, 6.07) is 3.16. The summed E-state index contributed by atoms with van der Waals surface area (Å²) in [6.45, 7) is 0. The van der Waals surface area contributed by atoms with Gasteiger partial charge in [0.05, 0.1) is 26.9 Å². The smallest absolute Gasteiger partial charge is 0.256 e. The molecule has 2 amide bonds. The number of rotatable bonds is 6. The van der Waals surface area contributed by atoms with E-state index < -0.39 is 0 Å². The lowest BCUT2D eigenvalue weighted by Gasteiger charge is -2.14. The predicted octanol–water partition coefficient (Wildman–Crippen LogP) is 2.87. The van der Waals surface area contributed by atoms with Crippen molar-refractivity contribution in [1.82, 2.24) is 5.32 Å². The topological polar surface area (TPSA) is 85.9 Å². The standard InChI is InChI=1S/C19H22N2O5S/c1-20-18(23)15-11-6-5-7-14(11)27-19(15)21-17(22)10-8-12(24-2)16(26-4)13(9-10)25-3/h8-9H,5-7H2,1-4H3,(H,20,23)(H,21,22). The van der Waals surface area contributed by atoms with E-state index >= 15 is 0 Å². The average molecular weight is 390 g/mol. The first-order valence-corrected chi connectivity index (χ1v) is 9.33. The van der Waals surface area contributed by atoms with E-state index in [2.05, 4.69) is 10.6 Å². The summed E-state index contributed by atoms with van der Waals surface area (Å²) in [4.78, 5) is 26.4. The van der Waals surface area contributed by atoms with Gasteiger partial charge in [-0.2, -0.15) is 0 Å². The van der Waals surface area contributed by atoms with Gasteiger partial charge in [-0.1, -0.05) is 0 Å². The first-order valence-electron chi connectivity index (χ1n) is 8.52. The molecule has 0 fully saturated rings. The normalized spacial score (nSPS) is 12.3. The molecule has 0 saturated carbocycles. The van der Waals surface area contributed by atoms with Crippen LogP contribution in [-0.2, 0) is 12.8 Å². The molecule has 0 spiro atoms. The Hall–Kier alpha value is -2.74. The van der Waals surface area contributed by atoms with E-state index in [0.29, 0.717) is 33.4 Å². The molecule has 0 atom stereocenters. The highest BCUT2D eigenvalue weighted by Crippen LogP contribution is 2.41. The quantitative estimate of drug-likeness (QED) is 0.792. The van der Waals surface area contributed by atoms with Crippen LogP contribution in [0.25, 0.3) is 0 Å². The number of hydrogen-bond donors (Lipinski definition) is 2. The first-order chi connectivity index (χ1) is 13.0. The van der Waals surface area contributed by atoms with E-state index in [9.17, 15) is 9.59 Å². The summed E-state index contributed by atoms with van der Waals surface area (Å²) < 4.78 is 15.9. The van der Waals surface area contributed by atoms with Crippen molar-refractivity contribution in [2.75, 3.05) is 33.7 Å². The molecule has 27 heavy (non-hydrogen) atoms. The molecule has 1 aromatic carbocycles. The van der Waals surface area contributed by atoms with Crippen LogP contribution in [0.4, 0.5) is 5.00 Å². The lowest BCUT2D eigenvalue weighted by molar-refractivity contribution is 0.0963. The number of amides is 2. The number of carbonyl (C=O) groups is 2. The van der Waals surface area contributed by atoms with Crippen molar-refractivity contribution in [3.8, 4) is 17.2 Å². The zero-order valence-electron chi connectivity index (χ0n) is 15.7. The molecule has 0 radical (unpaired) electrons. The molecular formula is C19H22N2O5S. The molecule has 1 aliphatic carbocycles. The van der Waals surface area contributed by atoms with Crippen molar-refractivity contribution in [2.45, 2.75) is 19.3 Å². The molecule has 1 aliphatic rings. The number of ether oxygens (including phenoxy) is 3. The number of thiophene rings is 1. The summed E-state index contributed by atoms with van der Waals surface area (Å²) in [5.41, 5.74) is 1.95. The fraction of sp³-hybridized carbons (Fsp3) is 0.368. The summed E-state index contributed by atoms with van der Waals surface area (Å²) in [7, 11) is 6.08. The van der Waals surface area contributed by atoms with Gasteiger partial charge in [0, 0.05) is 17.5 Å². The number of hydrogen-bond acceptors (Lipinski definition) is 6. The Morgan fingerprint density at radius 1 is 1.00 bits per heavy atom. The van der Waals surface area contributed by atoms with Gasteiger partial charge in [0.15, 0.2) is 11.5 Å². The van der Waals surface area contributed by atoms with Crippen LogP contribution in [0.5, 0.6) is 17.2 Å². The molecule has 1 heterocycles. The van der Waals surface area contributed by atoms with Gasteiger partial charge < -0.3 is 24.8 Å². The number of fused-ring (bicyclic) bond motifs is 1. The van der Waals surface area contributed by atoms with Crippen molar-refractivity contribution < 1.29 is 23.8 Å². The minimum Gasteiger partial charge on any atom is -0.493 e. The van der Waals surface area contributed by atoms with Gasteiger partial charge in [0.25, 0.3) is 11.8 Å². The van der Waals surface area contributed by atoms with Crippen molar-refractivity contribution in [2.24, 2.45) is 0 Å². The van der Waals surface area contributed by atoms with E-state index in [0.717, 1.165) is 29.7 Å². The second kappa shape index (κ2) is 7.87. The number of anilines is 1. The third kappa shape index (κ3) is 3.44. The van der Waals surface area contributed by atoms with Gasteiger partial charge in [-0.25, -0.2) is 0 Å². The summed E-state index contributed by atoms with van der Waals surface area (Å²) in [6.07, 6.45) is 2.82. The Balaban J connectivity index is 1.96. The summed E-state index contributed by atoms with van der Waals surface area (Å²) >= 11 is 1.46. The van der Waals surface area contributed by atoms with Crippen molar-refractivity contribution >= 4 is 28.2 Å². The van der Waals surface area contributed by atoms with Crippen LogP contribution in [0, 0.1) is 0 Å². The van der Waals surface area contributed by atoms with Gasteiger partial charge >= 0.3 is 0 Å². The zero-order valence-corrected chi connectivity index (χ0v) is 16.5. The maximum Gasteiger partial charge on any atom is 0.256 e. The molecule has 2 aromatic rings. The second-order valence-corrected chi connectivity index (χ2v) is 7.11. The number of carbonyl (C=O) groups excluding carboxylic acids is 2. The highest BCUT2D eigenvalue weighted by molar-refractivity contribution is 7.17. The molecule has 144 valence electrons. The molecule has 2 N–H and O–H groups in total. The minimum atomic E-state index is -0.348. The lowest BCUT2D eigenvalue weighted by atomic mass is 10.1. The van der Waals surface area contributed by atoms with Crippen LogP contribution in [0.1, 0.15) is 37.6 Å².